The molecule has 0 N–H and O–H groups in total. The van der Waals surface area contributed by atoms with E-state index in [-0.39, 0.29) is 0 Å². The van der Waals surface area contributed by atoms with E-state index in [1.807, 2.05) is 24.0 Å². The van der Waals surface area contributed by atoms with Gasteiger partial charge in [0.2, 0.25) is 0 Å². The highest BCUT2D eigenvalue weighted by Gasteiger charge is 2.29. The van der Waals surface area contributed by atoms with Crippen molar-refractivity contribution < 1.29 is 8.42 Å². The van der Waals surface area contributed by atoms with Crippen LogP contribution in [0.4, 0.5) is 5.82 Å². The van der Waals surface area contributed by atoms with Crippen molar-refractivity contribution in [2.45, 2.75) is 17.6 Å². The fraction of sp³-hybridized carbons (Fsp3) is 0.375. The third-order valence-electron chi connectivity index (χ3n) is 4.02. The Bertz CT molecular complexity index is 845. The fourth-order valence-corrected chi connectivity index (χ4v) is 5.48. The molecule has 2 aromatic rings. The quantitative estimate of drug-likeness (QED) is 0.832. The molecule has 24 heavy (non-hydrogen) atoms. The molecule has 0 amide bonds. The fourth-order valence-electron chi connectivity index (χ4n) is 2.61. The van der Waals surface area contributed by atoms with E-state index in [2.05, 4.69) is 4.98 Å². The molecule has 8 heteroatoms. The van der Waals surface area contributed by atoms with Crippen LogP contribution in [0.1, 0.15) is 17.4 Å². The highest BCUT2D eigenvalue weighted by molar-refractivity contribution is 7.91. The van der Waals surface area contributed by atoms with E-state index >= 15 is 0 Å². The van der Waals surface area contributed by atoms with E-state index in [1.165, 1.54) is 17.5 Å². The summed E-state index contributed by atoms with van der Waals surface area (Å²) in [4.78, 5) is 7.39. The summed E-state index contributed by atoms with van der Waals surface area (Å²) in [5, 5.41) is 8.81. The molecule has 6 nitrogen and oxygen atoms in total. The van der Waals surface area contributed by atoms with Gasteiger partial charge in [-0.1, -0.05) is 6.92 Å². The summed E-state index contributed by atoms with van der Waals surface area (Å²) in [5.74, 6) is 0.774. The first kappa shape index (κ1) is 16.9. The Morgan fingerprint density at radius 2 is 1.96 bits per heavy atom. The zero-order chi connectivity index (χ0) is 17.2. The zero-order valence-corrected chi connectivity index (χ0v) is 15.0. The highest BCUT2D eigenvalue weighted by atomic mass is 32.2. The topological polar surface area (TPSA) is 77.3 Å². The van der Waals surface area contributed by atoms with Gasteiger partial charge in [0, 0.05) is 37.3 Å². The Morgan fingerprint density at radius 3 is 2.50 bits per heavy atom. The lowest BCUT2D eigenvalue weighted by Crippen LogP contribution is -2.48. The second kappa shape index (κ2) is 6.89. The predicted octanol–water partition coefficient (Wildman–Crippen LogP) is 2.09. The first-order valence-electron chi connectivity index (χ1n) is 7.74. The molecule has 3 rings (SSSR count). The third kappa shape index (κ3) is 3.29. The van der Waals surface area contributed by atoms with E-state index in [1.54, 1.807) is 22.5 Å². The van der Waals surface area contributed by atoms with Gasteiger partial charge in [-0.05, 0) is 30.7 Å². The lowest BCUT2D eigenvalue weighted by molar-refractivity contribution is 0.385. The summed E-state index contributed by atoms with van der Waals surface area (Å²) in [6, 6.07) is 9.15. The third-order valence-corrected chi connectivity index (χ3v) is 7.61. The molecule has 0 aromatic carbocycles. The zero-order valence-electron chi connectivity index (χ0n) is 13.3. The number of thiophene rings is 1. The molecule has 1 aliphatic rings. The smallest absolute Gasteiger partial charge is 0.252 e. The summed E-state index contributed by atoms with van der Waals surface area (Å²) < 4.78 is 27.4. The molecule has 1 fully saturated rings. The standard InChI is InChI=1S/C16H18N4O2S2/c1-2-14-4-6-16(23-14)24(21,22)20-9-7-19(8-10-20)15-5-3-13(11-17)12-18-15/h3-6,12H,2,7-10H2,1H3. The van der Waals surface area contributed by atoms with Crippen molar-refractivity contribution in [3.63, 3.8) is 0 Å². The number of hydrogen-bond donors (Lipinski definition) is 0. The second-order valence-corrected chi connectivity index (χ2v) is 8.82. The van der Waals surface area contributed by atoms with E-state index in [4.69, 9.17) is 5.26 Å². The molecule has 0 atom stereocenters. The van der Waals surface area contributed by atoms with E-state index < -0.39 is 10.0 Å². The summed E-state index contributed by atoms with van der Waals surface area (Å²) in [5.41, 5.74) is 0.518. The molecule has 1 aliphatic heterocycles. The molecular formula is C16H18N4O2S2. The van der Waals surface area contributed by atoms with Gasteiger partial charge < -0.3 is 4.90 Å². The number of pyridine rings is 1. The number of aryl methyl sites for hydroxylation is 1. The van der Waals surface area contributed by atoms with E-state index in [0.29, 0.717) is 36.0 Å². The summed E-state index contributed by atoms with van der Waals surface area (Å²) in [7, 11) is -3.41. The predicted molar refractivity (Wildman–Crippen MR) is 93.6 cm³/mol. The van der Waals surface area contributed by atoms with Crippen molar-refractivity contribution in [2.75, 3.05) is 31.1 Å². The van der Waals surface area contributed by atoms with Gasteiger partial charge in [-0.15, -0.1) is 11.3 Å². The van der Waals surface area contributed by atoms with Gasteiger partial charge >= 0.3 is 0 Å². The summed E-state index contributed by atoms with van der Waals surface area (Å²) >= 11 is 1.35. The molecule has 0 bridgehead atoms. The van der Waals surface area contributed by atoms with Crippen molar-refractivity contribution in [2.24, 2.45) is 0 Å². The van der Waals surface area contributed by atoms with Gasteiger partial charge in [-0.3, -0.25) is 0 Å². The number of nitrogens with zero attached hydrogens (tertiary/aromatic N) is 4. The van der Waals surface area contributed by atoms with Crippen LogP contribution in [0.15, 0.2) is 34.7 Å². The molecule has 2 aromatic heterocycles. The van der Waals surface area contributed by atoms with Gasteiger partial charge in [0.15, 0.2) is 0 Å². The van der Waals surface area contributed by atoms with Crippen LogP contribution in [0.5, 0.6) is 0 Å². The van der Waals surface area contributed by atoms with Crippen molar-refractivity contribution in [1.29, 1.82) is 5.26 Å². The van der Waals surface area contributed by atoms with Crippen molar-refractivity contribution in [3.8, 4) is 6.07 Å². The monoisotopic (exact) mass is 362 g/mol. The minimum absolute atomic E-state index is 0.421. The van der Waals surface area contributed by atoms with Crippen LogP contribution >= 0.6 is 11.3 Å². The van der Waals surface area contributed by atoms with Crippen molar-refractivity contribution in [3.05, 3.63) is 40.9 Å². The van der Waals surface area contributed by atoms with Crippen LogP contribution in [-0.4, -0.2) is 43.9 Å². The van der Waals surface area contributed by atoms with Gasteiger partial charge in [0.05, 0.1) is 5.56 Å². The maximum Gasteiger partial charge on any atom is 0.252 e. The number of rotatable bonds is 4. The van der Waals surface area contributed by atoms with E-state index in [0.717, 1.165) is 17.1 Å². The average molecular weight is 362 g/mol. The number of sulfonamides is 1. The maximum atomic E-state index is 12.7. The van der Waals surface area contributed by atoms with Crippen molar-refractivity contribution >= 4 is 27.2 Å². The lowest BCUT2D eigenvalue weighted by Gasteiger charge is -2.34. The molecule has 3 heterocycles. The number of aromatic nitrogens is 1. The molecule has 0 saturated carbocycles. The van der Waals surface area contributed by atoms with Gasteiger partial charge in [-0.2, -0.15) is 9.57 Å². The number of nitriles is 1. The molecular weight excluding hydrogens is 344 g/mol. The molecule has 0 spiro atoms. The normalized spacial score (nSPS) is 16.1. The highest BCUT2D eigenvalue weighted by Crippen LogP contribution is 2.26. The molecule has 126 valence electrons. The van der Waals surface area contributed by atoms with Crippen LogP contribution in [0.3, 0.4) is 0 Å². The average Bonchev–Trinajstić information content (AvgIpc) is 3.12. The molecule has 1 saturated heterocycles. The van der Waals surface area contributed by atoms with Gasteiger partial charge in [-0.25, -0.2) is 13.4 Å². The van der Waals surface area contributed by atoms with Crippen LogP contribution < -0.4 is 4.90 Å². The minimum atomic E-state index is -3.41. The maximum absolute atomic E-state index is 12.7. The van der Waals surface area contributed by atoms with Gasteiger partial charge in [0.25, 0.3) is 10.0 Å². The lowest BCUT2D eigenvalue weighted by atomic mass is 10.3. The van der Waals surface area contributed by atoms with Crippen LogP contribution in [0, 0.1) is 11.3 Å². The summed E-state index contributed by atoms with van der Waals surface area (Å²) in [6.07, 6.45) is 2.38. The Morgan fingerprint density at radius 1 is 1.21 bits per heavy atom. The number of anilines is 1. The molecule has 0 radical (unpaired) electrons. The first-order valence-corrected chi connectivity index (χ1v) is 10.00. The number of hydrogen-bond acceptors (Lipinski definition) is 6. The van der Waals surface area contributed by atoms with Crippen molar-refractivity contribution in [1.82, 2.24) is 9.29 Å². The largest absolute Gasteiger partial charge is 0.354 e. The minimum Gasteiger partial charge on any atom is -0.354 e. The number of piperazine rings is 1. The Balaban J connectivity index is 1.68. The molecule has 0 aliphatic carbocycles. The Kier molecular flexibility index (Phi) is 4.85. The van der Waals surface area contributed by atoms with E-state index in [9.17, 15) is 8.42 Å². The first-order chi connectivity index (χ1) is 11.5. The Labute approximate surface area is 146 Å². The Hall–Kier alpha value is -1.95. The second-order valence-electron chi connectivity index (χ2n) is 5.48. The van der Waals surface area contributed by atoms with Gasteiger partial charge in [0.1, 0.15) is 16.1 Å². The van der Waals surface area contributed by atoms with Crippen LogP contribution in [0.2, 0.25) is 0 Å². The summed E-state index contributed by atoms with van der Waals surface area (Å²) in [6.45, 7) is 4.06. The van der Waals surface area contributed by atoms with Crippen LogP contribution in [0.25, 0.3) is 0 Å². The molecule has 0 unspecified atom stereocenters. The SMILES string of the molecule is CCc1ccc(S(=O)(=O)N2CCN(c3ccc(C#N)cn3)CC2)s1. The van der Waals surface area contributed by atoms with Crippen LogP contribution in [-0.2, 0) is 16.4 Å².